The largest absolute Gasteiger partial charge is 0.395 e. The van der Waals surface area contributed by atoms with Gasteiger partial charge in [0.25, 0.3) is 0 Å². The van der Waals surface area contributed by atoms with Gasteiger partial charge in [0.1, 0.15) is 0 Å². The normalized spacial score (nSPS) is 10.0. The Labute approximate surface area is 90.3 Å². The molecule has 1 rings (SSSR count). The number of benzene rings is 1. The Bertz CT molecular complexity index is 289. The molecule has 82 valence electrons. The van der Waals surface area contributed by atoms with Crippen LogP contribution >= 0.6 is 0 Å². The first-order chi connectivity index (χ1) is 7.31. The molecule has 0 aliphatic carbocycles. The van der Waals surface area contributed by atoms with Gasteiger partial charge in [0, 0.05) is 18.8 Å². The molecule has 0 saturated carbocycles. The molecule has 2 N–H and O–H groups in total. The van der Waals surface area contributed by atoms with Gasteiger partial charge in [-0.05, 0) is 17.7 Å². The Morgan fingerprint density at radius 2 is 1.60 bits per heavy atom. The van der Waals surface area contributed by atoms with E-state index < -0.39 is 0 Å². The molecule has 1 aromatic carbocycles. The van der Waals surface area contributed by atoms with E-state index in [1.165, 1.54) is 0 Å². The van der Waals surface area contributed by atoms with Gasteiger partial charge in [0.05, 0.1) is 13.2 Å². The average Bonchev–Trinajstić information content (AvgIpc) is 2.29. The van der Waals surface area contributed by atoms with Crippen LogP contribution in [0.5, 0.6) is 0 Å². The highest BCUT2D eigenvalue weighted by atomic mass is 16.3. The van der Waals surface area contributed by atoms with Gasteiger partial charge in [0.2, 0.25) is 0 Å². The highest BCUT2D eigenvalue weighted by Crippen LogP contribution is 2.15. The Balaban J connectivity index is 2.76. The fourth-order valence-electron chi connectivity index (χ4n) is 1.43. The summed E-state index contributed by atoms with van der Waals surface area (Å²) in [5.74, 6) is 0. The summed E-state index contributed by atoms with van der Waals surface area (Å²) in [4.78, 5) is 1.94. The van der Waals surface area contributed by atoms with E-state index in [2.05, 4.69) is 6.58 Å². The zero-order valence-electron chi connectivity index (χ0n) is 8.76. The smallest absolute Gasteiger partial charge is 0.0606 e. The van der Waals surface area contributed by atoms with Gasteiger partial charge in [-0.1, -0.05) is 24.8 Å². The van der Waals surface area contributed by atoms with Crippen molar-refractivity contribution >= 4 is 11.8 Å². The number of aliphatic hydroxyl groups excluding tert-OH is 2. The van der Waals surface area contributed by atoms with Crippen molar-refractivity contribution in [3.63, 3.8) is 0 Å². The SMILES string of the molecule is C=Cc1ccc(N(CCO)CCO)cc1. The van der Waals surface area contributed by atoms with Gasteiger partial charge in [-0.2, -0.15) is 0 Å². The lowest BCUT2D eigenvalue weighted by Gasteiger charge is -2.22. The summed E-state index contributed by atoms with van der Waals surface area (Å²) in [6.07, 6.45) is 1.78. The lowest BCUT2D eigenvalue weighted by molar-refractivity contribution is 0.281. The highest BCUT2D eigenvalue weighted by Gasteiger charge is 2.04. The van der Waals surface area contributed by atoms with Crippen LogP contribution in [0, 0.1) is 0 Å². The van der Waals surface area contributed by atoms with Gasteiger partial charge < -0.3 is 15.1 Å². The second kappa shape index (κ2) is 6.22. The number of rotatable bonds is 6. The Morgan fingerprint density at radius 3 is 2.00 bits per heavy atom. The molecule has 0 unspecified atom stereocenters. The summed E-state index contributed by atoms with van der Waals surface area (Å²) in [5.41, 5.74) is 2.07. The van der Waals surface area contributed by atoms with Crippen LogP contribution in [0.25, 0.3) is 6.08 Å². The molecular weight excluding hydrogens is 190 g/mol. The molecule has 0 fully saturated rings. The van der Waals surface area contributed by atoms with E-state index in [0.717, 1.165) is 11.3 Å². The fourth-order valence-corrected chi connectivity index (χ4v) is 1.43. The molecule has 0 atom stereocenters. The number of hydrogen-bond acceptors (Lipinski definition) is 3. The van der Waals surface area contributed by atoms with Crippen LogP contribution in [0.2, 0.25) is 0 Å². The van der Waals surface area contributed by atoms with E-state index >= 15 is 0 Å². The van der Waals surface area contributed by atoms with Crippen molar-refractivity contribution in [1.82, 2.24) is 0 Å². The fraction of sp³-hybridized carbons (Fsp3) is 0.333. The Morgan fingerprint density at radius 1 is 1.07 bits per heavy atom. The molecule has 0 bridgehead atoms. The standard InChI is InChI=1S/C12H17NO2/c1-2-11-3-5-12(6-4-11)13(7-9-14)8-10-15/h2-6,14-15H,1,7-10H2. The third kappa shape index (κ3) is 3.38. The van der Waals surface area contributed by atoms with Crippen LogP contribution in [0.15, 0.2) is 30.8 Å². The maximum Gasteiger partial charge on any atom is 0.0606 e. The topological polar surface area (TPSA) is 43.7 Å². The summed E-state index contributed by atoms with van der Waals surface area (Å²) in [5, 5.41) is 17.8. The van der Waals surface area contributed by atoms with Crippen molar-refractivity contribution in [2.75, 3.05) is 31.2 Å². The second-order valence-electron chi connectivity index (χ2n) is 3.23. The molecular formula is C12H17NO2. The van der Waals surface area contributed by atoms with Gasteiger partial charge in [-0.15, -0.1) is 0 Å². The zero-order valence-corrected chi connectivity index (χ0v) is 8.76. The second-order valence-corrected chi connectivity index (χ2v) is 3.23. The third-order valence-corrected chi connectivity index (χ3v) is 2.23. The van der Waals surface area contributed by atoms with E-state index in [0.29, 0.717) is 13.1 Å². The number of nitrogens with zero attached hydrogens (tertiary/aromatic N) is 1. The molecule has 0 aliphatic heterocycles. The minimum absolute atomic E-state index is 0.0865. The number of aliphatic hydroxyl groups is 2. The Kier molecular flexibility index (Phi) is 4.87. The van der Waals surface area contributed by atoms with Crippen LogP contribution in [0.1, 0.15) is 5.56 Å². The van der Waals surface area contributed by atoms with Crippen molar-refractivity contribution in [1.29, 1.82) is 0 Å². The van der Waals surface area contributed by atoms with E-state index in [1.54, 1.807) is 6.08 Å². The van der Waals surface area contributed by atoms with E-state index in [1.807, 2.05) is 29.2 Å². The molecule has 1 aromatic rings. The predicted octanol–water partition coefficient (Wildman–Crippen LogP) is 1.12. The molecule has 0 radical (unpaired) electrons. The van der Waals surface area contributed by atoms with Crippen LogP contribution in [0.3, 0.4) is 0 Å². The van der Waals surface area contributed by atoms with Crippen LogP contribution < -0.4 is 4.90 Å². The van der Waals surface area contributed by atoms with Crippen molar-refractivity contribution in [2.24, 2.45) is 0 Å². The van der Waals surface area contributed by atoms with Gasteiger partial charge in [-0.25, -0.2) is 0 Å². The zero-order chi connectivity index (χ0) is 11.1. The number of anilines is 1. The summed E-state index contributed by atoms with van der Waals surface area (Å²) in [7, 11) is 0. The van der Waals surface area contributed by atoms with Crippen molar-refractivity contribution in [3.8, 4) is 0 Å². The first kappa shape index (κ1) is 11.8. The predicted molar refractivity (Wildman–Crippen MR) is 62.9 cm³/mol. The van der Waals surface area contributed by atoms with E-state index in [4.69, 9.17) is 10.2 Å². The summed E-state index contributed by atoms with van der Waals surface area (Å²) in [6.45, 7) is 4.93. The maximum atomic E-state index is 8.89. The van der Waals surface area contributed by atoms with Crippen LogP contribution in [0.4, 0.5) is 5.69 Å². The molecule has 0 aliphatic rings. The lowest BCUT2D eigenvalue weighted by atomic mass is 10.2. The summed E-state index contributed by atoms with van der Waals surface area (Å²) < 4.78 is 0. The van der Waals surface area contributed by atoms with Crippen LogP contribution in [-0.4, -0.2) is 36.5 Å². The first-order valence-corrected chi connectivity index (χ1v) is 5.01. The first-order valence-electron chi connectivity index (χ1n) is 5.01. The third-order valence-electron chi connectivity index (χ3n) is 2.23. The van der Waals surface area contributed by atoms with E-state index in [-0.39, 0.29) is 13.2 Å². The highest BCUT2D eigenvalue weighted by molar-refractivity contribution is 5.54. The summed E-state index contributed by atoms with van der Waals surface area (Å²) in [6, 6.07) is 7.85. The van der Waals surface area contributed by atoms with Crippen molar-refractivity contribution < 1.29 is 10.2 Å². The molecule has 0 amide bonds. The molecule has 0 heterocycles. The van der Waals surface area contributed by atoms with Crippen molar-refractivity contribution in [3.05, 3.63) is 36.4 Å². The Hall–Kier alpha value is -1.32. The monoisotopic (exact) mass is 207 g/mol. The molecule has 0 saturated heterocycles. The molecule has 0 spiro atoms. The lowest BCUT2D eigenvalue weighted by Crippen LogP contribution is -2.29. The average molecular weight is 207 g/mol. The van der Waals surface area contributed by atoms with E-state index in [9.17, 15) is 0 Å². The van der Waals surface area contributed by atoms with Crippen molar-refractivity contribution in [2.45, 2.75) is 0 Å². The van der Waals surface area contributed by atoms with Gasteiger partial charge >= 0.3 is 0 Å². The minimum Gasteiger partial charge on any atom is -0.395 e. The quantitative estimate of drug-likeness (QED) is 0.734. The minimum atomic E-state index is 0.0865. The molecule has 0 aromatic heterocycles. The number of hydrogen-bond donors (Lipinski definition) is 2. The molecule has 15 heavy (non-hydrogen) atoms. The summed E-state index contributed by atoms with van der Waals surface area (Å²) >= 11 is 0. The maximum absolute atomic E-state index is 8.89. The van der Waals surface area contributed by atoms with Gasteiger partial charge in [0.15, 0.2) is 0 Å². The van der Waals surface area contributed by atoms with Crippen LogP contribution in [-0.2, 0) is 0 Å². The molecule has 3 heteroatoms. The molecule has 3 nitrogen and oxygen atoms in total. The van der Waals surface area contributed by atoms with Gasteiger partial charge in [-0.3, -0.25) is 0 Å².